The number of benzene rings is 1. The highest BCUT2D eigenvalue weighted by molar-refractivity contribution is 5.82. The molecule has 3 aromatic rings. The van der Waals surface area contributed by atoms with E-state index in [-0.39, 0.29) is 5.92 Å². The number of aromatic nitrogens is 4. The van der Waals surface area contributed by atoms with E-state index in [0.29, 0.717) is 12.6 Å². The topological polar surface area (TPSA) is 48.1 Å². The Morgan fingerprint density at radius 1 is 1.19 bits per heavy atom. The Labute approximate surface area is 157 Å². The van der Waals surface area contributed by atoms with Gasteiger partial charge in [-0.2, -0.15) is 10.2 Å². The van der Waals surface area contributed by atoms with Crippen molar-refractivity contribution in [1.29, 1.82) is 0 Å². The molecular weight excluding hydrogens is 345 g/mol. The van der Waals surface area contributed by atoms with Gasteiger partial charge in [0, 0.05) is 24.9 Å². The molecule has 6 nitrogen and oxygen atoms in total. The molecule has 0 saturated carbocycles. The first-order chi connectivity index (χ1) is 13.1. The van der Waals surface area contributed by atoms with Crippen molar-refractivity contribution in [3.05, 3.63) is 41.9 Å². The Kier molecular flexibility index (Phi) is 4.02. The maximum atomic E-state index is 15.1. The fraction of sp³-hybridized carbons (Fsp3) is 0.500. The van der Waals surface area contributed by atoms with Gasteiger partial charge in [0.05, 0.1) is 43.4 Å². The molecule has 0 amide bonds. The number of hydrogen-bond acceptors (Lipinski definition) is 4. The molecule has 2 fully saturated rings. The SMILES string of the molecule is Cc1cc2cnn(-c3cnn(C)c3)c2cc1[C@@H]1CCN(C2COC2)C[C@H]1F. The minimum atomic E-state index is -0.856. The summed E-state index contributed by atoms with van der Waals surface area (Å²) in [6, 6.07) is 4.66. The van der Waals surface area contributed by atoms with Crippen molar-refractivity contribution < 1.29 is 9.13 Å². The summed E-state index contributed by atoms with van der Waals surface area (Å²) in [5.74, 6) is -0.0658. The van der Waals surface area contributed by atoms with E-state index in [0.717, 1.165) is 53.9 Å². The van der Waals surface area contributed by atoms with E-state index in [1.54, 1.807) is 10.9 Å². The number of alkyl halides is 1. The number of hydrogen-bond donors (Lipinski definition) is 0. The summed E-state index contributed by atoms with van der Waals surface area (Å²) < 4.78 is 24.0. The first-order valence-electron chi connectivity index (χ1n) is 9.53. The molecule has 2 aliphatic heterocycles. The molecule has 0 unspecified atom stereocenters. The van der Waals surface area contributed by atoms with E-state index in [4.69, 9.17) is 4.74 Å². The summed E-state index contributed by atoms with van der Waals surface area (Å²) in [6.45, 7) is 4.99. The number of halogens is 1. The third kappa shape index (κ3) is 2.85. The average molecular weight is 369 g/mol. The quantitative estimate of drug-likeness (QED) is 0.712. The van der Waals surface area contributed by atoms with Crippen LogP contribution in [0.25, 0.3) is 16.6 Å². The third-order valence-electron chi connectivity index (χ3n) is 6.00. The monoisotopic (exact) mass is 369 g/mol. The summed E-state index contributed by atoms with van der Waals surface area (Å²) in [4.78, 5) is 2.25. The van der Waals surface area contributed by atoms with Crippen molar-refractivity contribution in [2.24, 2.45) is 7.05 Å². The molecule has 142 valence electrons. The van der Waals surface area contributed by atoms with Crippen LogP contribution in [0.5, 0.6) is 0 Å². The van der Waals surface area contributed by atoms with Crippen molar-refractivity contribution >= 4 is 10.9 Å². The molecule has 2 aromatic heterocycles. The highest BCUT2D eigenvalue weighted by atomic mass is 19.1. The van der Waals surface area contributed by atoms with Crippen LogP contribution < -0.4 is 0 Å². The molecule has 0 N–H and O–H groups in total. The molecule has 0 radical (unpaired) electrons. The lowest BCUT2D eigenvalue weighted by atomic mass is 9.84. The molecule has 1 aromatic carbocycles. The van der Waals surface area contributed by atoms with E-state index in [2.05, 4.69) is 34.2 Å². The van der Waals surface area contributed by atoms with Crippen molar-refractivity contribution in [3.63, 3.8) is 0 Å². The van der Waals surface area contributed by atoms with Crippen molar-refractivity contribution in [2.45, 2.75) is 31.5 Å². The summed E-state index contributed by atoms with van der Waals surface area (Å²) in [6.07, 6.45) is 5.58. The lowest BCUT2D eigenvalue weighted by molar-refractivity contribution is -0.0807. The second-order valence-electron chi connectivity index (χ2n) is 7.79. The van der Waals surface area contributed by atoms with E-state index in [1.807, 2.05) is 24.1 Å². The molecule has 27 heavy (non-hydrogen) atoms. The first-order valence-corrected chi connectivity index (χ1v) is 9.53. The molecule has 2 saturated heterocycles. The van der Waals surface area contributed by atoms with Crippen LogP contribution in [-0.4, -0.2) is 63.0 Å². The van der Waals surface area contributed by atoms with Crippen LogP contribution in [0.2, 0.25) is 0 Å². The summed E-state index contributed by atoms with van der Waals surface area (Å²) in [7, 11) is 1.89. The number of ether oxygens (including phenoxy) is 1. The summed E-state index contributed by atoms with van der Waals surface area (Å²) in [5, 5.41) is 9.84. The van der Waals surface area contributed by atoms with Crippen LogP contribution in [-0.2, 0) is 11.8 Å². The minimum Gasteiger partial charge on any atom is -0.378 e. The fourth-order valence-corrected chi connectivity index (χ4v) is 4.37. The van der Waals surface area contributed by atoms with E-state index < -0.39 is 6.17 Å². The largest absolute Gasteiger partial charge is 0.378 e. The Morgan fingerprint density at radius 3 is 2.70 bits per heavy atom. The molecule has 7 heteroatoms. The number of aryl methyl sites for hydroxylation is 2. The van der Waals surface area contributed by atoms with Gasteiger partial charge in [-0.15, -0.1) is 0 Å². The van der Waals surface area contributed by atoms with Crippen molar-refractivity contribution in [2.75, 3.05) is 26.3 Å². The average Bonchev–Trinajstić information content (AvgIpc) is 3.18. The molecule has 2 atom stereocenters. The standard InChI is InChI=1S/C20H24FN5O/c1-13-5-14-7-23-26(15-8-22-24(2)9-15)20(14)6-18(13)17-3-4-25(10-19(17)21)16-11-27-12-16/h5-9,16-17,19H,3-4,10-12H2,1-2H3/t17-,19+/m0/s1. The van der Waals surface area contributed by atoms with Gasteiger partial charge in [-0.1, -0.05) is 0 Å². The predicted molar refractivity (Wildman–Crippen MR) is 101 cm³/mol. The number of likely N-dealkylation sites (tertiary alicyclic amines) is 1. The van der Waals surface area contributed by atoms with E-state index in [9.17, 15) is 0 Å². The van der Waals surface area contributed by atoms with Crippen molar-refractivity contribution in [1.82, 2.24) is 24.5 Å². The highest BCUT2D eigenvalue weighted by Gasteiger charge is 2.36. The van der Waals surface area contributed by atoms with Gasteiger partial charge in [-0.25, -0.2) is 9.07 Å². The van der Waals surface area contributed by atoms with Crippen LogP contribution in [0.1, 0.15) is 23.5 Å². The van der Waals surface area contributed by atoms with Crippen LogP contribution in [0.4, 0.5) is 4.39 Å². The van der Waals surface area contributed by atoms with Gasteiger partial charge in [0.2, 0.25) is 0 Å². The highest BCUT2D eigenvalue weighted by Crippen LogP contribution is 2.36. The number of rotatable bonds is 3. The molecule has 0 bridgehead atoms. The lowest BCUT2D eigenvalue weighted by Gasteiger charge is -2.43. The Morgan fingerprint density at radius 2 is 2.04 bits per heavy atom. The van der Waals surface area contributed by atoms with E-state index >= 15 is 4.39 Å². The molecular formula is C20H24FN5O. The fourth-order valence-electron chi connectivity index (χ4n) is 4.37. The zero-order valence-electron chi connectivity index (χ0n) is 15.7. The first kappa shape index (κ1) is 16.9. The van der Waals surface area contributed by atoms with Gasteiger partial charge in [-0.3, -0.25) is 9.58 Å². The van der Waals surface area contributed by atoms with Gasteiger partial charge < -0.3 is 4.74 Å². The molecule has 2 aliphatic rings. The number of nitrogens with zero attached hydrogens (tertiary/aromatic N) is 5. The Bertz CT molecular complexity index is 976. The van der Waals surface area contributed by atoms with Gasteiger partial charge in [-0.05, 0) is 43.1 Å². The number of piperidine rings is 1. The maximum absolute atomic E-state index is 15.1. The van der Waals surface area contributed by atoms with Gasteiger partial charge in [0.15, 0.2) is 0 Å². The van der Waals surface area contributed by atoms with E-state index in [1.165, 1.54) is 0 Å². The molecule has 4 heterocycles. The van der Waals surface area contributed by atoms with Crippen molar-refractivity contribution in [3.8, 4) is 5.69 Å². The third-order valence-corrected chi connectivity index (χ3v) is 6.00. The Hall–Kier alpha value is -2.25. The molecule has 0 spiro atoms. The van der Waals surface area contributed by atoms with Gasteiger partial charge in [0.25, 0.3) is 0 Å². The summed E-state index contributed by atoms with van der Waals surface area (Å²) >= 11 is 0. The predicted octanol–water partition coefficient (Wildman–Crippen LogP) is 2.59. The second kappa shape index (κ2) is 6.42. The lowest BCUT2D eigenvalue weighted by Crippen LogP contribution is -2.54. The van der Waals surface area contributed by atoms with Crippen LogP contribution in [0, 0.1) is 6.92 Å². The van der Waals surface area contributed by atoms with Crippen LogP contribution in [0.3, 0.4) is 0 Å². The second-order valence-corrected chi connectivity index (χ2v) is 7.79. The zero-order valence-corrected chi connectivity index (χ0v) is 15.7. The summed E-state index contributed by atoms with van der Waals surface area (Å²) in [5.41, 5.74) is 4.16. The zero-order chi connectivity index (χ0) is 18.5. The minimum absolute atomic E-state index is 0.0658. The smallest absolute Gasteiger partial charge is 0.120 e. The normalized spacial score (nSPS) is 24.4. The van der Waals surface area contributed by atoms with Crippen LogP contribution >= 0.6 is 0 Å². The molecule has 5 rings (SSSR count). The van der Waals surface area contributed by atoms with Gasteiger partial charge >= 0.3 is 0 Å². The Balaban J connectivity index is 1.48. The maximum Gasteiger partial charge on any atom is 0.120 e. The molecule has 0 aliphatic carbocycles. The van der Waals surface area contributed by atoms with Gasteiger partial charge in [0.1, 0.15) is 11.9 Å². The number of fused-ring (bicyclic) bond motifs is 1. The van der Waals surface area contributed by atoms with Crippen LogP contribution in [0.15, 0.2) is 30.7 Å².